The number of aryl methyl sites for hydroxylation is 1. The van der Waals surface area contributed by atoms with Crippen LogP contribution in [0.1, 0.15) is 19.8 Å². The van der Waals surface area contributed by atoms with Crippen LogP contribution in [0.5, 0.6) is 0 Å². The number of hydrogen-bond donors (Lipinski definition) is 0. The Labute approximate surface area is 155 Å². The highest BCUT2D eigenvalue weighted by Gasteiger charge is 2.26. The van der Waals surface area contributed by atoms with E-state index in [1.54, 1.807) is 0 Å². The van der Waals surface area contributed by atoms with Gasteiger partial charge < -0.3 is 9.47 Å². The number of likely N-dealkylation sites (tertiary alicyclic amines) is 1. The quantitative estimate of drug-likeness (QED) is 0.761. The van der Waals surface area contributed by atoms with Gasteiger partial charge in [-0.2, -0.15) is 4.99 Å². The van der Waals surface area contributed by atoms with Crippen LogP contribution in [0.2, 0.25) is 0 Å². The maximum atomic E-state index is 12.2. The summed E-state index contributed by atoms with van der Waals surface area (Å²) in [5, 5.41) is 0. The minimum Gasteiger partial charge on any atom is -0.342 e. The van der Waals surface area contributed by atoms with Crippen LogP contribution in [-0.4, -0.2) is 54.3 Å². The highest BCUT2D eigenvalue weighted by molar-refractivity contribution is 7.92. The average molecular weight is 396 g/mol. The molecule has 0 aliphatic carbocycles. The molecule has 9 heteroatoms. The lowest BCUT2D eigenvalue weighted by atomic mass is 10.3. The van der Waals surface area contributed by atoms with Gasteiger partial charge in [0.15, 0.2) is 14.6 Å². The van der Waals surface area contributed by atoms with Crippen molar-refractivity contribution >= 4 is 43.2 Å². The molecule has 1 aromatic carbocycles. The third kappa shape index (κ3) is 4.21. The zero-order chi connectivity index (χ0) is 18.7. The molecule has 1 aliphatic rings. The van der Waals surface area contributed by atoms with Gasteiger partial charge in [-0.25, -0.2) is 8.42 Å². The van der Waals surface area contributed by atoms with E-state index in [1.165, 1.54) is 16.2 Å². The second-order valence-electron chi connectivity index (χ2n) is 6.22. The van der Waals surface area contributed by atoms with Crippen LogP contribution in [0.25, 0.3) is 10.2 Å². The van der Waals surface area contributed by atoms with Crippen molar-refractivity contribution < 1.29 is 18.0 Å². The second-order valence-corrected chi connectivity index (χ2v) is 9.30. The lowest BCUT2D eigenvalue weighted by Crippen LogP contribution is -2.35. The van der Waals surface area contributed by atoms with E-state index in [4.69, 9.17) is 0 Å². The van der Waals surface area contributed by atoms with Gasteiger partial charge in [-0.1, -0.05) is 23.5 Å². The van der Waals surface area contributed by atoms with Gasteiger partial charge in [0.2, 0.25) is 5.91 Å². The maximum absolute atomic E-state index is 12.2. The molecular weight excluding hydrogens is 374 g/mol. The van der Waals surface area contributed by atoms with Crippen LogP contribution in [0.4, 0.5) is 0 Å². The predicted octanol–water partition coefficient (Wildman–Crippen LogP) is 1.19. The highest BCUT2D eigenvalue weighted by Crippen LogP contribution is 2.16. The molecule has 0 bridgehead atoms. The lowest BCUT2D eigenvalue weighted by molar-refractivity contribution is -0.127. The number of para-hydroxylation sites is 1. The van der Waals surface area contributed by atoms with Gasteiger partial charge in [-0.05, 0) is 31.9 Å². The maximum Gasteiger partial charge on any atom is 0.263 e. The minimum absolute atomic E-state index is 0.430. The van der Waals surface area contributed by atoms with Crippen molar-refractivity contribution in [3.8, 4) is 0 Å². The van der Waals surface area contributed by atoms with Gasteiger partial charge in [0.05, 0.1) is 10.2 Å². The summed E-state index contributed by atoms with van der Waals surface area (Å²) in [6, 6.07) is 7.67. The van der Waals surface area contributed by atoms with Gasteiger partial charge in [0, 0.05) is 19.6 Å². The minimum atomic E-state index is -3.83. The van der Waals surface area contributed by atoms with Gasteiger partial charge in [-0.3, -0.25) is 9.59 Å². The Kier molecular flexibility index (Phi) is 5.57. The van der Waals surface area contributed by atoms with E-state index in [0.29, 0.717) is 24.4 Å². The second kappa shape index (κ2) is 7.71. The lowest BCUT2D eigenvalue weighted by Gasteiger charge is -2.14. The molecule has 26 heavy (non-hydrogen) atoms. The van der Waals surface area contributed by atoms with E-state index in [9.17, 15) is 18.0 Å². The zero-order valence-electron chi connectivity index (χ0n) is 14.6. The van der Waals surface area contributed by atoms with Gasteiger partial charge in [0.25, 0.3) is 5.91 Å². The largest absolute Gasteiger partial charge is 0.342 e. The molecule has 2 heterocycles. The Morgan fingerprint density at radius 3 is 2.54 bits per heavy atom. The Hall–Kier alpha value is -2.00. The van der Waals surface area contributed by atoms with Gasteiger partial charge in [-0.15, -0.1) is 0 Å². The van der Waals surface area contributed by atoms with Crippen LogP contribution in [0.15, 0.2) is 29.3 Å². The van der Waals surface area contributed by atoms with Crippen molar-refractivity contribution in [3.05, 3.63) is 29.1 Å². The Morgan fingerprint density at radius 2 is 1.85 bits per heavy atom. The number of thiazole rings is 1. The van der Waals surface area contributed by atoms with Gasteiger partial charge in [0.1, 0.15) is 11.5 Å². The first kappa shape index (κ1) is 18.8. The van der Waals surface area contributed by atoms with Crippen molar-refractivity contribution in [1.82, 2.24) is 9.47 Å². The van der Waals surface area contributed by atoms with Crippen molar-refractivity contribution in [2.45, 2.75) is 26.3 Å². The molecule has 7 nitrogen and oxygen atoms in total. The molecule has 0 unspecified atom stereocenters. The summed E-state index contributed by atoms with van der Waals surface area (Å²) >= 11 is 1.34. The van der Waals surface area contributed by atoms with E-state index in [-0.39, 0.29) is 0 Å². The summed E-state index contributed by atoms with van der Waals surface area (Å²) < 4.78 is 27.2. The number of nitrogens with zero attached hydrogens (tertiary/aromatic N) is 3. The molecule has 0 radical (unpaired) electrons. The molecule has 0 spiro atoms. The third-order valence-electron chi connectivity index (χ3n) is 4.27. The van der Waals surface area contributed by atoms with E-state index in [2.05, 4.69) is 4.99 Å². The molecule has 1 fully saturated rings. The smallest absolute Gasteiger partial charge is 0.263 e. The number of fused-ring (bicyclic) bond motifs is 1. The Balaban J connectivity index is 1.77. The molecule has 0 N–H and O–H groups in total. The molecule has 3 rings (SSSR count). The Morgan fingerprint density at radius 1 is 1.15 bits per heavy atom. The molecule has 140 valence electrons. The zero-order valence-corrected chi connectivity index (χ0v) is 16.2. The topological polar surface area (TPSA) is 88.8 Å². The van der Waals surface area contributed by atoms with E-state index in [1.807, 2.05) is 35.8 Å². The first-order valence-electron chi connectivity index (χ1n) is 8.54. The summed E-state index contributed by atoms with van der Waals surface area (Å²) in [6.45, 7) is 3.74. The van der Waals surface area contributed by atoms with Crippen LogP contribution < -0.4 is 4.80 Å². The van der Waals surface area contributed by atoms with Crippen molar-refractivity contribution in [2.75, 3.05) is 24.6 Å². The van der Waals surface area contributed by atoms with Gasteiger partial charge >= 0.3 is 0 Å². The van der Waals surface area contributed by atoms with Crippen LogP contribution >= 0.6 is 11.3 Å². The van der Waals surface area contributed by atoms with Crippen LogP contribution in [0.3, 0.4) is 0 Å². The molecular formula is C17H21N3O4S2. The van der Waals surface area contributed by atoms with E-state index < -0.39 is 33.2 Å². The number of aromatic nitrogens is 1. The fourth-order valence-corrected chi connectivity index (χ4v) is 5.25. The average Bonchev–Trinajstić information content (AvgIpc) is 3.21. The van der Waals surface area contributed by atoms with Crippen molar-refractivity contribution in [2.24, 2.45) is 4.99 Å². The monoisotopic (exact) mass is 395 g/mol. The predicted molar refractivity (Wildman–Crippen MR) is 101 cm³/mol. The molecule has 0 atom stereocenters. The molecule has 1 aromatic heterocycles. The summed E-state index contributed by atoms with van der Waals surface area (Å²) in [5.74, 6) is -2.55. The number of hydrogen-bond acceptors (Lipinski definition) is 5. The summed E-state index contributed by atoms with van der Waals surface area (Å²) in [6.07, 6.45) is 1.78. The summed E-state index contributed by atoms with van der Waals surface area (Å²) in [7, 11) is -3.83. The van der Waals surface area contributed by atoms with E-state index >= 15 is 0 Å². The van der Waals surface area contributed by atoms with Crippen molar-refractivity contribution in [1.29, 1.82) is 0 Å². The van der Waals surface area contributed by atoms with E-state index in [0.717, 1.165) is 23.1 Å². The van der Waals surface area contributed by atoms with Crippen LogP contribution in [-0.2, 0) is 26.0 Å². The van der Waals surface area contributed by atoms with Crippen LogP contribution in [0, 0.1) is 0 Å². The summed E-state index contributed by atoms with van der Waals surface area (Å²) in [5.41, 5.74) is 0.957. The number of amides is 2. The summed E-state index contributed by atoms with van der Waals surface area (Å²) in [4.78, 5) is 30.2. The molecule has 2 amide bonds. The molecule has 1 saturated heterocycles. The molecule has 2 aromatic rings. The number of carbonyl (C=O) groups excluding carboxylic acids is 2. The standard InChI is InChI=1S/C17H21N3O4S2/c1-2-20-13-7-3-4-8-14(13)25-17(20)18-15(21)11-26(23,24)12-16(22)19-9-5-6-10-19/h3-4,7-8H,2,5-6,9-12H2,1H3. The molecule has 1 aliphatic heterocycles. The molecule has 0 saturated carbocycles. The number of rotatable bonds is 5. The Bertz CT molecular complexity index is 998. The SMILES string of the molecule is CCn1c(=NC(=O)CS(=O)(=O)CC(=O)N2CCCC2)sc2ccccc21. The third-order valence-corrected chi connectivity index (χ3v) is 6.70. The number of sulfone groups is 1. The first-order valence-corrected chi connectivity index (χ1v) is 11.2. The van der Waals surface area contributed by atoms with Crippen molar-refractivity contribution in [3.63, 3.8) is 0 Å². The fourth-order valence-electron chi connectivity index (χ4n) is 3.04. The normalized spacial score (nSPS) is 15.7. The fraction of sp³-hybridized carbons (Fsp3) is 0.471. The number of carbonyl (C=O) groups is 2. The first-order chi connectivity index (χ1) is 12.4. The highest BCUT2D eigenvalue weighted by atomic mass is 32.2. The number of benzene rings is 1.